The van der Waals surface area contributed by atoms with Crippen molar-refractivity contribution in [2.24, 2.45) is 5.73 Å². The maximum Gasteiger partial charge on any atom is 0.316 e. The van der Waals surface area contributed by atoms with E-state index in [9.17, 15) is 14.7 Å². The first-order chi connectivity index (χ1) is 15.4. The first-order valence-electron chi connectivity index (χ1n) is 10.8. The van der Waals surface area contributed by atoms with Crippen LogP contribution in [-0.2, 0) is 0 Å². The van der Waals surface area contributed by atoms with Crippen LogP contribution >= 0.6 is 11.6 Å². The molecule has 170 valence electrons. The number of carbonyl (C=O) groups excluding carboxylic acids is 2. The van der Waals surface area contributed by atoms with Gasteiger partial charge in [-0.1, -0.05) is 23.7 Å². The molecule has 3 amide bonds. The van der Waals surface area contributed by atoms with E-state index in [1.165, 1.54) is 0 Å². The summed E-state index contributed by atoms with van der Waals surface area (Å²) >= 11 is 5.91. The summed E-state index contributed by atoms with van der Waals surface area (Å²) in [5.74, 6) is 0.0192. The number of benzene rings is 2. The number of primary amides is 1. The number of aliphatic hydroxyl groups is 1. The fourth-order valence-electron chi connectivity index (χ4n) is 4.46. The average molecular weight is 458 g/mol. The molecule has 0 spiro atoms. The van der Waals surface area contributed by atoms with Crippen LogP contribution in [0.25, 0.3) is 0 Å². The summed E-state index contributed by atoms with van der Waals surface area (Å²) in [6.45, 7) is 2.40. The zero-order chi connectivity index (χ0) is 22.7. The molecule has 0 aliphatic carbocycles. The van der Waals surface area contributed by atoms with Gasteiger partial charge in [0, 0.05) is 42.8 Å². The Morgan fingerprint density at radius 1 is 1.03 bits per heavy atom. The van der Waals surface area contributed by atoms with Gasteiger partial charge in [-0.3, -0.25) is 4.79 Å². The fourth-order valence-corrected chi connectivity index (χ4v) is 4.59. The van der Waals surface area contributed by atoms with Gasteiger partial charge in [0.05, 0.1) is 23.5 Å². The number of hydrogen-bond donors (Lipinski definition) is 4. The number of aliphatic hydroxyl groups excluding tert-OH is 1. The van der Waals surface area contributed by atoms with E-state index in [2.05, 4.69) is 10.6 Å². The van der Waals surface area contributed by atoms with E-state index in [0.717, 1.165) is 18.5 Å². The van der Waals surface area contributed by atoms with Crippen LogP contribution in [0.1, 0.15) is 23.2 Å². The highest BCUT2D eigenvalue weighted by Crippen LogP contribution is 2.29. The molecule has 2 saturated heterocycles. The van der Waals surface area contributed by atoms with Gasteiger partial charge in [0.25, 0.3) is 5.91 Å². The van der Waals surface area contributed by atoms with Gasteiger partial charge >= 0.3 is 6.03 Å². The van der Waals surface area contributed by atoms with Crippen molar-refractivity contribution >= 4 is 34.9 Å². The molecule has 2 heterocycles. The smallest absolute Gasteiger partial charge is 0.316 e. The number of para-hydroxylation sites is 2. The Labute approximate surface area is 192 Å². The van der Waals surface area contributed by atoms with Crippen LogP contribution in [0.2, 0.25) is 5.02 Å². The van der Waals surface area contributed by atoms with Crippen molar-refractivity contribution in [1.82, 2.24) is 10.2 Å². The number of rotatable bonds is 5. The summed E-state index contributed by atoms with van der Waals surface area (Å²) in [6, 6.07) is 13.9. The van der Waals surface area contributed by atoms with Crippen molar-refractivity contribution in [3.63, 3.8) is 0 Å². The number of amides is 3. The fraction of sp³-hybridized carbons (Fsp3) is 0.391. The molecule has 5 N–H and O–H groups in total. The quantitative estimate of drug-likeness (QED) is 0.550. The third-order valence-electron chi connectivity index (χ3n) is 6.11. The summed E-state index contributed by atoms with van der Waals surface area (Å²) in [4.78, 5) is 27.9. The molecule has 2 fully saturated rings. The van der Waals surface area contributed by atoms with Crippen LogP contribution in [0.4, 0.5) is 16.2 Å². The Balaban J connectivity index is 1.32. The van der Waals surface area contributed by atoms with Crippen LogP contribution in [-0.4, -0.2) is 66.3 Å². The highest BCUT2D eigenvalue weighted by atomic mass is 35.5. The van der Waals surface area contributed by atoms with Crippen LogP contribution in [0, 0.1) is 0 Å². The first-order valence-corrected chi connectivity index (χ1v) is 11.2. The van der Waals surface area contributed by atoms with E-state index < -0.39 is 12.1 Å². The van der Waals surface area contributed by atoms with Crippen LogP contribution < -0.4 is 21.3 Å². The molecule has 2 aromatic carbocycles. The zero-order valence-corrected chi connectivity index (χ0v) is 18.5. The summed E-state index contributed by atoms with van der Waals surface area (Å²) in [7, 11) is 0. The Morgan fingerprint density at radius 3 is 2.41 bits per heavy atom. The Kier molecular flexibility index (Phi) is 6.83. The number of nitrogens with one attached hydrogen (secondary N) is 2. The van der Waals surface area contributed by atoms with Gasteiger partial charge in [0.2, 0.25) is 0 Å². The molecule has 0 bridgehead atoms. The molecular formula is C23H28ClN5O3. The molecule has 0 saturated carbocycles. The molecule has 2 aromatic rings. The molecule has 1 unspecified atom stereocenters. The van der Waals surface area contributed by atoms with Gasteiger partial charge in [0.1, 0.15) is 0 Å². The van der Waals surface area contributed by atoms with Gasteiger partial charge in [0.15, 0.2) is 0 Å². The lowest BCUT2D eigenvalue weighted by Crippen LogP contribution is -2.50. The van der Waals surface area contributed by atoms with Crippen molar-refractivity contribution in [2.75, 3.05) is 36.4 Å². The summed E-state index contributed by atoms with van der Waals surface area (Å²) in [5.41, 5.74) is 7.38. The van der Waals surface area contributed by atoms with E-state index in [1.54, 1.807) is 30.3 Å². The van der Waals surface area contributed by atoms with Crippen molar-refractivity contribution in [2.45, 2.75) is 31.0 Å². The Bertz CT molecular complexity index is 962. The van der Waals surface area contributed by atoms with Crippen molar-refractivity contribution in [3.05, 3.63) is 59.1 Å². The highest BCUT2D eigenvalue weighted by molar-refractivity contribution is 6.30. The monoisotopic (exact) mass is 457 g/mol. The third-order valence-corrected chi connectivity index (χ3v) is 6.37. The number of β-amino-alcohol motifs (C(OH)–C–C–N with tert-alkyl or cyclic N) is 1. The van der Waals surface area contributed by atoms with E-state index in [0.29, 0.717) is 42.5 Å². The number of nitrogens with zero attached hydrogens (tertiary/aromatic N) is 2. The predicted molar refractivity (Wildman–Crippen MR) is 125 cm³/mol. The Morgan fingerprint density at radius 2 is 1.72 bits per heavy atom. The molecule has 32 heavy (non-hydrogen) atoms. The topological polar surface area (TPSA) is 111 Å². The molecule has 2 atom stereocenters. The maximum atomic E-state index is 12.7. The Hall–Kier alpha value is -2.81. The van der Waals surface area contributed by atoms with Crippen LogP contribution in [0.3, 0.4) is 0 Å². The number of nitrogens with two attached hydrogens (primary N) is 1. The lowest BCUT2D eigenvalue weighted by atomic mass is 10.0. The molecule has 9 heteroatoms. The second-order valence-electron chi connectivity index (χ2n) is 8.33. The largest absolute Gasteiger partial charge is 0.390 e. The van der Waals surface area contributed by atoms with E-state index >= 15 is 0 Å². The minimum absolute atomic E-state index is 0.0192. The normalized spacial score (nSPS) is 21.6. The van der Waals surface area contributed by atoms with Crippen LogP contribution in [0.5, 0.6) is 0 Å². The number of urea groups is 1. The number of hydrogen-bond acceptors (Lipinski definition) is 5. The summed E-state index contributed by atoms with van der Waals surface area (Å²) < 4.78 is 0. The van der Waals surface area contributed by atoms with E-state index in [-0.39, 0.29) is 18.0 Å². The maximum absolute atomic E-state index is 12.7. The number of anilines is 2. The predicted octanol–water partition coefficient (Wildman–Crippen LogP) is 2.27. The van der Waals surface area contributed by atoms with E-state index in [1.807, 2.05) is 28.0 Å². The molecule has 4 rings (SSSR count). The molecule has 0 radical (unpaired) electrons. The van der Waals surface area contributed by atoms with Crippen LogP contribution in [0.15, 0.2) is 48.5 Å². The number of piperidine rings is 1. The molecule has 8 nitrogen and oxygen atoms in total. The average Bonchev–Trinajstić information content (AvgIpc) is 3.14. The molecule has 0 aromatic heterocycles. The first kappa shape index (κ1) is 22.4. The zero-order valence-electron chi connectivity index (χ0n) is 17.7. The summed E-state index contributed by atoms with van der Waals surface area (Å²) in [5, 5.41) is 17.5. The highest BCUT2D eigenvalue weighted by Gasteiger charge is 2.35. The van der Waals surface area contributed by atoms with Crippen molar-refractivity contribution < 1.29 is 14.7 Å². The lowest BCUT2D eigenvalue weighted by molar-refractivity contribution is 0.0691. The second-order valence-corrected chi connectivity index (χ2v) is 8.76. The molecule has 2 aliphatic rings. The van der Waals surface area contributed by atoms with Gasteiger partial charge < -0.3 is 31.3 Å². The van der Waals surface area contributed by atoms with Gasteiger partial charge in [-0.05, 0) is 49.2 Å². The molecular weight excluding hydrogens is 430 g/mol. The van der Waals surface area contributed by atoms with Gasteiger partial charge in [-0.15, -0.1) is 0 Å². The summed E-state index contributed by atoms with van der Waals surface area (Å²) in [6.07, 6.45) is 1.11. The van der Waals surface area contributed by atoms with Crippen molar-refractivity contribution in [3.8, 4) is 0 Å². The standard InChI is InChI=1S/C23H28ClN5O3/c24-16-7-5-15(6-8-16)22(31)28-11-9-17(10-12-28)26-19-13-29(14-21(19)30)20-4-2-1-3-18(20)27-23(25)32/h1-8,17,19,21,26,30H,9-14H2,(H3,25,27,32)/t19?,21-/m1/s1. The number of carbonyl (C=O) groups is 2. The third kappa shape index (κ3) is 5.15. The van der Waals surface area contributed by atoms with Gasteiger partial charge in [-0.2, -0.15) is 0 Å². The second kappa shape index (κ2) is 9.77. The lowest BCUT2D eigenvalue weighted by Gasteiger charge is -2.34. The number of likely N-dealkylation sites (tertiary alicyclic amines) is 1. The minimum atomic E-state index is -0.619. The molecule has 2 aliphatic heterocycles. The SMILES string of the molecule is NC(=O)Nc1ccccc1N1CC(NC2CCN(C(=O)c3ccc(Cl)cc3)CC2)[C@H](O)C1. The van der Waals surface area contributed by atoms with Crippen molar-refractivity contribution in [1.29, 1.82) is 0 Å². The van der Waals surface area contributed by atoms with E-state index in [4.69, 9.17) is 17.3 Å². The minimum Gasteiger partial charge on any atom is -0.390 e. The van der Waals surface area contributed by atoms with Gasteiger partial charge in [-0.25, -0.2) is 4.79 Å². The number of halogens is 1.